The van der Waals surface area contributed by atoms with Crippen LogP contribution in [0.1, 0.15) is 41.6 Å². The van der Waals surface area contributed by atoms with Crippen LogP contribution in [0.5, 0.6) is 11.5 Å². The van der Waals surface area contributed by atoms with Gasteiger partial charge in [-0.25, -0.2) is 4.79 Å². The SMILES string of the molecule is CCOc1cc(C2C3=CCC4C(=O)N(c5cccc(C(=O)O)c5)C(=O)C4C3CC3(Cl)C(=O)N(C)C(=O)C23Cl)ccc1O. The summed E-state index contributed by atoms with van der Waals surface area (Å²) in [7, 11) is 1.30. The molecule has 2 aromatic rings. The normalized spacial score (nSPS) is 32.0. The van der Waals surface area contributed by atoms with E-state index in [4.69, 9.17) is 27.9 Å². The number of hydrogen-bond donors (Lipinski definition) is 2. The number of halogens is 2. The quantitative estimate of drug-likeness (QED) is 0.296. The fraction of sp³-hybridized carbons (Fsp3) is 0.367. The Morgan fingerprint density at radius 3 is 2.48 bits per heavy atom. The van der Waals surface area contributed by atoms with Crippen molar-refractivity contribution in [2.45, 2.75) is 35.4 Å². The number of nitrogens with zero attached hydrogens (tertiary/aromatic N) is 2. The highest BCUT2D eigenvalue weighted by Crippen LogP contribution is 2.65. The number of ether oxygens (including phenoxy) is 1. The number of hydrogen-bond acceptors (Lipinski definition) is 7. The fourth-order valence-electron chi connectivity index (χ4n) is 7.13. The largest absolute Gasteiger partial charge is 0.504 e. The van der Waals surface area contributed by atoms with Crippen LogP contribution in [-0.4, -0.2) is 68.1 Å². The lowest BCUT2D eigenvalue weighted by Gasteiger charge is -2.50. The lowest BCUT2D eigenvalue weighted by atomic mass is 9.56. The lowest BCUT2D eigenvalue weighted by Crippen LogP contribution is -2.60. The van der Waals surface area contributed by atoms with Gasteiger partial charge >= 0.3 is 5.97 Å². The molecule has 12 heteroatoms. The summed E-state index contributed by atoms with van der Waals surface area (Å²) < 4.78 is 5.58. The van der Waals surface area contributed by atoms with Gasteiger partial charge in [-0.3, -0.25) is 29.0 Å². The molecule has 0 radical (unpaired) electrons. The summed E-state index contributed by atoms with van der Waals surface area (Å²) in [4.78, 5) is 64.5. The third kappa shape index (κ3) is 3.61. The number of imide groups is 2. The molecule has 1 saturated carbocycles. The maximum Gasteiger partial charge on any atom is 0.335 e. The van der Waals surface area contributed by atoms with Gasteiger partial charge in [-0.1, -0.05) is 23.8 Å². The van der Waals surface area contributed by atoms with Crippen LogP contribution in [0.15, 0.2) is 54.1 Å². The van der Waals surface area contributed by atoms with Crippen molar-refractivity contribution >= 4 is 58.5 Å². The number of phenols is 1. The zero-order valence-electron chi connectivity index (χ0n) is 22.5. The summed E-state index contributed by atoms with van der Waals surface area (Å²) in [5, 5.41) is 19.8. The highest BCUT2D eigenvalue weighted by Gasteiger charge is 2.75. The van der Waals surface area contributed by atoms with Crippen molar-refractivity contribution in [2.75, 3.05) is 18.6 Å². The second-order valence-electron chi connectivity index (χ2n) is 11.0. The molecular weight excluding hydrogens is 587 g/mol. The van der Waals surface area contributed by atoms with Crippen molar-refractivity contribution in [1.29, 1.82) is 0 Å². The van der Waals surface area contributed by atoms with E-state index in [0.29, 0.717) is 11.1 Å². The van der Waals surface area contributed by atoms with Crippen molar-refractivity contribution in [1.82, 2.24) is 4.90 Å². The highest BCUT2D eigenvalue weighted by molar-refractivity contribution is 6.53. The third-order valence-corrected chi connectivity index (χ3v) is 10.4. The molecule has 2 heterocycles. The summed E-state index contributed by atoms with van der Waals surface area (Å²) in [6, 6.07) is 10.1. The Morgan fingerprint density at radius 2 is 1.79 bits per heavy atom. The van der Waals surface area contributed by atoms with Gasteiger partial charge in [-0.2, -0.15) is 0 Å². The first-order chi connectivity index (χ1) is 19.9. The summed E-state index contributed by atoms with van der Waals surface area (Å²) in [5.74, 6) is -7.07. The maximum atomic E-state index is 14.0. The van der Waals surface area contributed by atoms with Crippen LogP contribution >= 0.6 is 23.2 Å². The number of fused-ring (bicyclic) bond motifs is 4. The zero-order valence-corrected chi connectivity index (χ0v) is 24.1. The summed E-state index contributed by atoms with van der Waals surface area (Å²) in [6.07, 6.45) is 1.78. The van der Waals surface area contributed by atoms with Crippen LogP contribution in [0.4, 0.5) is 5.69 Å². The van der Waals surface area contributed by atoms with Crippen molar-refractivity contribution in [2.24, 2.45) is 17.8 Å². The second-order valence-corrected chi connectivity index (χ2v) is 12.3. The number of carboxylic acid groups (broad SMARTS) is 1. The summed E-state index contributed by atoms with van der Waals surface area (Å²) >= 11 is 14.3. The first-order valence-electron chi connectivity index (χ1n) is 13.4. The molecule has 6 rings (SSSR count). The van der Waals surface area contributed by atoms with E-state index in [1.54, 1.807) is 25.1 Å². The monoisotopic (exact) mass is 612 g/mol. The van der Waals surface area contributed by atoms with E-state index in [2.05, 4.69) is 0 Å². The minimum absolute atomic E-state index is 0.0818. The minimum atomic E-state index is -1.96. The van der Waals surface area contributed by atoms with Gasteiger partial charge in [-0.05, 0) is 61.6 Å². The third-order valence-electron chi connectivity index (χ3n) is 8.98. The first-order valence-corrected chi connectivity index (χ1v) is 14.2. The maximum absolute atomic E-state index is 14.0. The number of aromatic hydroxyl groups is 1. The molecule has 3 fully saturated rings. The Labute approximate surface area is 250 Å². The molecule has 2 aromatic carbocycles. The number of anilines is 1. The van der Waals surface area contributed by atoms with Crippen LogP contribution < -0.4 is 9.64 Å². The molecule has 10 nitrogen and oxygen atoms in total. The van der Waals surface area contributed by atoms with E-state index >= 15 is 0 Å². The number of aromatic carboxylic acids is 1. The molecule has 4 amide bonds. The van der Waals surface area contributed by atoms with Gasteiger partial charge in [-0.15, -0.1) is 23.2 Å². The number of likely N-dealkylation sites (tertiary alicyclic amines) is 1. The van der Waals surface area contributed by atoms with Gasteiger partial charge in [0.2, 0.25) is 11.8 Å². The van der Waals surface area contributed by atoms with E-state index in [9.17, 15) is 34.2 Å². The molecule has 6 atom stereocenters. The average Bonchev–Trinajstić information content (AvgIpc) is 3.29. The van der Waals surface area contributed by atoms with E-state index < -0.39 is 63.0 Å². The van der Waals surface area contributed by atoms with Gasteiger partial charge in [0.05, 0.1) is 29.7 Å². The second kappa shape index (κ2) is 9.57. The Balaban J connectivity index is 1.50. The number of carbonyl (C=O) groups is 5. The van der Waals surface area contributed by atoms with Crippen LogP contribution in [0.2, 0.25) is 0 Å². The summed E-state index contributed by atoms with van der Waals surface area (Å²) in [6.45, 7) is 1.99. The number of amides is 4. The van der Waals surface area contributed by atoms with E-state index in [1.165, 1.54) is 37.4 Å². The number of allylic oxidation sites excluding steroid dienone is 2. The molecule has 0 spiro atoms. The van der Waals surface area contributed by atoms with Crippen LogP contribution in [0.3, 0.4) is 0 Å². The molecule has 4 aliphatic rings. The number of rotatable bonds is 5. The topological polar surface area (TPSA) is 142 Å². The molecular formula is C30H26Cl2N2O8. The highest BCUT2D eigenvalue weighted by atomic mass is 35.5. The minimum Gasteiger partial charge on any atom is -0.504 e. The van der Waals surface area contributed by atoms with Crippen LogP contribution in [0.25, 0.3) is 0 Å². The van der Waals surface area contributed by atoms with Crippen molar-refractivity contribution in [3.05, 3.63) is 65.2 Å². The molecule has 0 aromatic heterocycles. The molecule has 6 unspecified atom stereocenters. The number of phenolic OH excluding ortho intramolecular Hbond substituents is 1. The standard InChI is InChI=1S/C30H26Cl2N2O8/c1-3-42-21-12-14(7-10-20(21)35)23-17-8-9-18-22(19(17)13-29(31)27(40)33(2)28(41)30(23,29)32)25(37)34(24(18)36)16-6-4-5-15(11-16)26(38)39/h4-8,10-12,18-19,22-23,35H,3,9,13H2,1-2H3,(H,38,39). The van der Waals surface area contributed by atoms with E-state index in [1.807, 2.05) is 0 Å². The summed E-state index contributed by atoms with van der Waals surface area (Å²) in [5.41, 5.74) is 1.09. The van der Waals surface area contributed by atoms with Gasteiger partial charge in [0.1, 0.15) is 0 Å². The Morgan fingerprint density at radius 1 is 1.05 bits per heavy atom. The van der Waals surface area contributed by atoms with Gasteiger partial charge < -0.3 is 14.9 Å². The van der Waals surface area contributed by atoms with E-state index in [-0.39, 0.29) is 42.2 Å². The molecule has 42 heavy (non-hydrogen) atoms. The number of carbonyl (C=O) groups excluding carboxylic acids is 4. The predicted molar refractivity (Wildman–Crippen MR) is 151 cm³/mol. The molecule has 2 N–H and O–H groups in total. The van der Waals surface area contributed by atoms with Gasteiger partial charge in [0.25, 0.3) is 11.8 Å². The molecule has 2 aliphatic carbocycles. The number of carboxylic acids is 1. The number of alkyl halides is 2. The molecule has 2 saturated heterocycles. The van der Waals surface area contributed by atoms with Crippen LogP contribution in [-0.2, 0) is 19.2 Å². The Hall–Kier alpha value is -3.89. The zero-order chi connectivity index (χ0) is 30.3. The fourth-order valence-corrected chi connectivity index (χ4v) is 8.15. The van der Waals surface area contributed by atoms with Gasteiger partial charge in [0.15, 0.2) is 21.2 Å². The first kappa shape index (κ1) is 28.2. The van der Waals surface area contributed by atoms with E-state index in [0.717, 1.165) is 9.80 Å². The van der Waals surface area contributed by atoms with Crippen molar-refractivity contribution in [3.63, 3.8) is 0 Å². The number of benzene rings is 2. The molecule has 218 valence electrons. The smallest absolute Gasteiger partial charge is 0.335 e. The van der Waals surface area contributed by atoms with Gasteiger partial charge in [0, 0.05) is 13.0 Å². The average molecular weight is 613 g/mol. The lowest BCUT2D eigenvalue weighted by molar-refractivity contribution is -0.138. The van der Waals surface area contributed by atoms with Crippen molar-refractivity contribution in [3.8, 4) is 11.5 Å². The van der Waals surface area contributed by atoms with Crippen molar-refractivity contribution < 1.29 is 38.9 Å². The Kier molecular flexibility index (Phi) is 6.43. The molecule has 2 aliphatic heterocycles. The van der Waals surface area contributed by atoms with Crippen LogP contribution in [0, 0.1) is 17.8 Å². The molecule has 0 bridgehead atoms. The predicted octanol–water partition coefficient (Wildman–Crippen LogP) is 3.68. The Bertz CT molecular complexity index is 1620.